The number of nitrogens with zero attached hydrogens (tertiary/aromatic N) is 1. The average molecular weight is 245 g/mol. The van der Waals surface area contributed by atoms with Crippen molar-refractivity contribution in [2.24, 2.45) is 4.99 Å². The summed E-state index contributed by atoms with van der Waals surface area (Å²) in [5, 5.41) is 0. The minimum Gasteiger partial charge on any atom is -0.211 e. The summed E-state index contributed by atoms with van der Waals surface area (Å²) in [6.07, 6.45) is 11.9. The molecule has 0 bridgehead atoms. The van der Waals surface area contributed by atoms with E-state index in [1.807, 2.05) is 18.2 Å². The summed E-state index contributed by atoms with van der Waals surface area (Å²) in [6.45, 7) is 2.24. The maximum Gasteiger partial charge on any atom is 0.240 e. The Morgan fingerprint density at radius 1 is 1.06 bits per heavy atom. The second-order valence-corrected chi connectivity index (χ2v) is 4.74. The van der Waals surface area contributed by atoms with Crippen molar-refractivity contribution in [2.75, 3.05) is 0 Å². The molecule has 2 nitrogen and oxygen atoms in total. The van der Waals surface area contributed by atoms with Crippen LogP contribution in [0.15, 0.2) is 29.3 Å². The van der Waals surface area contributed by atoms with E-state index >= 15 is 0 Å². The zero-order valence-electron chi connectivity index (χ0n) is 11.3. The van der Waals surface area contributed by atoms with Gasteiger partial charge in [-0.1, -0.05) is 57.6 Å². The fraction of sp³-hybridized carbons (Fsp3) is 0.562. The molecular weight excluding hydrogens is 222 g/mol. The van der Waals surface area contributed by atoms with Crippen LogP contribution in [0.5, 0.6) is 0 Å². The van der Waals surface area contributed by atoms with Crippen LogP contribution in [0.25, 0.3) is 0 Å². The molecule has 0 aromatic heterocycles. The molecule has 2 heteroatoms. The van der Waals surface area contributed by atoms with Gasteiger partial charge in [0.2, 0.25) is 6.08 Å². The summed E-state index contributed by atoms with van der Waals surface area (Å²) in [4.78, 5) is 13.8. The van der Waals surface area contributed by atoms with Gasteiger partial charge in [-0.05, 0) is 30.5 Å². The molecule has 0 amide bonds. The van der Waals surface area contributed by atoms with E-state index in [4.69, 9.17) is 0 Å². The summed E-state index contributed by atoms with van der Waals surface area (Å²) < 4.78 is 0. The smallest absolute Gasteiger partial charge is 0.211 e. The number of rotatable bonds is 9. The first-order valence-electron chi connectivity index (χ1n) is 7.03. The largest absolute Gasteiger partial charge is 0.240 e. The van der Waals surface area contributed by atoms with E-state index in [-0.39, 0.29) is 0 Å². The number of unbranched alkanes of at least 4 members (excludes halogenated alkanes) is 6. The summed E-state index contributed by atoms with van der Waals surface area (Å²) in [5.74, 6) is 0. The van der Waals surface area contributed by atoms with Gasteiger partial charge < -0.3 is 0 Å². The van der Waals surface area contributed by atoms with E-state index < -0.39 is 0 Å². The van der Waals surface area contributed by atoms with Crippen molar-refractivity contribution in [2.45, 2.75) is 58.3 Å². The van der Waals surface area contributed by atoms with Gasteiger partial charge in [-0.15, -0.1) is 0 Å². The highest BCUT2D eigenvalue weighted by Gasteiger charge is 1.96. The zero-order chi connectivity index (χ0) is 13.1. The molecular formula is C16H23NO. The summed E-state index contributed by atoms with van der Waals surface area (Å²) in [7, 11) is 0. The van der Waals surface area contributed by atoms with E-state index in [1.54, 1.807) is 6.08 Å². The number of hydrogen-bond donors (Lipinski definition) is 0. The molecule has 0 saturated heterocycles. The number of carbonyl (C=O) groups excluding carboxylic acids is 1. The summed E-state index contributed by atoms with van der Waals surface area (Å²) >= 11 is 0. The quantitative estimate of drug-likeness (QED) is 0.344. The normalized spacial score (nSPS) is 10.1. The zero-order valence-corrected chi connectivity index (χ0v) is 11.3. The van der Waals surface area contributed by atoms with Crippen LogP contribution in [0.4, 0.5) is 5.69 Å². The molecule has 0 aliphatic heterocycles. The van der Waals surface area contributed by atoms with Crippen molar-refractivity contribution < 1.29 is 4.79 Å². The lowest BCUT2D eigenvalue weighted by molar-refractivity contribution is 0.565. The Kier molecular flexibility index (Phi) is 7.83. The molecule has 0 fully saturated rings. The third-order valence-corrected chi connectivity index (χ3v) is 3.15. The van der Waals surface area contributed by atoms with Crippen LogP contribution >= 0.6 is 0 Å². The summed E-state index contributed by atoms with van der Waals surface area (Å²) in [5.41, 5.74) is 1.98. The lowest BCUT2D eigenvalue weighted by Crippen LogP contribution is -1.86. The van der Waals surface area contributed by atoms with Gasteiger partial charge in [0, 0.05) is 0 Å². The van der Waals surface area contributed by atoms with Crippen molar-refractivity contribution in [1.82, 2.24) is 0 Å². The minimum absolute atomic E-state index is 0.713. The van der Waals surface area contributed by atoms with Gasteiger partial charge in [-0.25, -0.2) is 4.79 Å². The van der Waals surface area contributed by atoms with Crippen LogP contribution in [0, 0.1) is 0 Å². The average Bonchev–Trinajstić information content (AvgIpc) is 2.39. The van der Waals surface area contributed by atoms with E-state index in [1.165, 1.54) is 50.5 Å². The molecule has 0 saturated carbocycles. The molecule has 18 heavy (non-hydrogen) atoms. The van der Waals surface area contributed by atoms with Crippen molar-refractivity contribution in [1.29, 1.82) is 0 Å². The van der Waals surface area contributed by atoms with Crippen LogP contribution in [0.3, 0.4) is 0 Å². The van der Waals surface area contributed by atoms with Gasteiger partial charge in [-0.2, -0.15) is 4.99 Å². The number of aryl methyl sites for hydroxylation is 1. The Labute approximate surface area is 110 Å². The van der Waals surface area contributed by atoms with Crippen LogP contribution < -0.4 is 0 Å². The molecule has 0 N–H and O–H groups in total. The SMILES string of the molecule is CCCCCCCCCc1cccc(N=C=O)c1. The lowest BCUT2D eigenvalue weighted by Gasteiger charge is -2.02. The van der Waals surface area contributed by atoms with Crippen LogP contribution in [-0.4, -0.2) is 6.08 Å². The van der Waals surface area contributed by atoms with E-state index in [9.17, 15) is 4.79 Å². The molecule has 98 valence electrons. The number of isocyanates is 1. The van der Waals surface area contributed by atoms with Gasteiger partial charge in [0.15, 0.2) is 0 Å². The fourth-order valence-corrected chi connectivity index (χ4v) is 2.12. The molecule has 1 rings (SSSR count). The highest BCUT2D eigenvalue weighted by molar-refractivity contribution is 5.49. The highest BCUT2D eigenvalue weighted by atomic mass is 16.1. The van der Waals surface area contributed by atoms with E-state index in [0.717, 1.165) is 6.42 Å². The molecule has 0 heterocycles. The van der Waals surface area contributed by atoms with Gasteiger partial charge >= 0.3 is 0 Å². The first-order chi connectivity index (χ1) is 8.86. The Bertz CT molecular complexity index is 380. The van der Waals surface area contributed by atoms with Crippen molar-refractivity contribution in [3.8, 4) is 0 Å². The Hall–Kier alpha value is -1.40. The Morgan fingerprint density at radius 2 is 1.78 bits per heavy atom. The maximum atomic E-state index is 10.2. The Morgan fingerprint density at radius 3 is 2.50 bits per heavy atom. The van der Waals surface area contributed by atoms with Gasteiger partial charge in [0.1, 0.15) is 0 Å². The lowest BCUT2D eigenvalue weighted by atomic mass is 10.0. The van der Waals surface area contributed by atoms with Crippen molar-refractivity contribution in [3.05, 3.63) is 29.8 Å². The Balaban J connectivity index is 2.18. The van der Waals surface area contributed by atoms with Crippen molar-refractivity contribution in [3.63, 3.8) is 0 Å². The monoisotopic (exact) mass is 245 g/mol. The first-order valence-corrected chi connectivity index (χ1v) is 7.03. The van der Waals surface area contributed by atoms with Gasteiger partial charge in [0.05, 0.1) is 5.69 Å². The number of aliphatic imine (C=N–C) groups is 1. The van der Waals surface area contributed by atoms with Crippen molar-refractivity contribution >= 4 is 11.8 Å². The third-order valence-electron chi connectivity index (χ3n) is 3.15. The molecule has 0 aliphatic carbocycles. The molecule has 1 aromatic rings. The molecule has 1 aromatic carbocycles. The number of hydrogen-bond acceptors (Lipinski definition) is 2. The second-order valence-electron chi connectivity index (χ2n) is 4.74. The van der Waals surface area contributed by atoms with Gasteiger partial charge in [0.25, 0.3) is 0 Å². The number of benzene rings is 1. The molecule has 0 unspecified atom stereocenters. The molecule has 0 atom stereocenters. The minimum atomic E-state index is 0.713. The van der Waals surface area contributed by atoms with E-state index in [2.05, 4.69) is 18.0 Å². The molecule has 0 aliphatic rings. The first kappa shape index (κ1) is 14.7. The topological polar surface area (TPSA) is 29.4 Å². The summed E-state index contributed by atoms with van der Waals surface area (Å²) in [6, 6.07) is 7.86. The standard InChI is InChI=1S/C16H23NO/c1-2-3-4-5-6-7-8-10-15-11-9-12-16(13-15)17-14-18/h9,11-13H,2-8,10H2,1H3. The maximum absolute atomic E-state index is 10.2. The van der Waals surface area contributed by atoms with Crippen LogP contribution in [0.1, 0.15) is 57.4 Å². The van der Waals surface area contributed by atoms with Crippen LogP contribution in [0.2, 0.25) is 0 Å². The van der Waals surface area contributed by atoms with Crippen LogP contribution in [-0.2, 0) is 11.2 Å². The van der Waals surface area contributed by atoms with E-state index in [0.29, 0.717) is 5.69 Å². The third kappa shape index (κ3) is 6.36. The fourth-order valence-electron chi connectivity index (χ4n) is 2.12. The predicted molar refractivity (Wildman–Crippen MR) is 75.9 cm³/mol. The molecule has 0 radical (unpaired) electrons. The second kappa shape index (κ2) is 9.61. The highest BCUT2D eigenvalue weighted by Crippen LogP contribution is 2.16. The predicted octanol–water partition coefficient (Wildman–Crippen LogP) is 4.95. The molecule has 0 spiro atoms. The van der Waals surface area contributed by atoms with Gasteiger partial charge in [-0.3, -0.25) is 0 Å².